The van der Waals surface area contributed by atoms with E-state index in [1.54, 1.807) is 12.1 Å². The topological polar surface area (TPSA) is 32.3 Å². The molecule has 1 unspecified atom stereocenters. The molecule has 2 N–H and O–H groups in total. The second-order valence-corrected chi connectivity index (χ2v) is 6.51. The third-order valence-corrected chi connectivity index (χ3v) is 4.46. The summed E-state index contributed by atoms with van der Waals surface area (Å²) in [5.74, 6) is -0.275. The van der Waals surface area contributed by atoms with Gasteiger partial charge in [0.2, 0.25) is 0 Å². The Morgan fingerprint density at radius 3 is 2.68 bits per heavy atom. The predicted molar refractivity (Wildman–Crippen MR) is 78.5 cm³/mol. The van der Waals surface area contributed by atoms with Crippen LogP contribution in [0.4, 0.5) is 4.39 Å². The van der Waals surface area contributed by atoms with Gasteiger partial charge >= 0.3 is 0 Å². The van der Waals surface area contributed by atoms with Crippen LogP contribution < -0.4 is 5.32 Å². The molecule has 0 bridgehead atoms. The van der Waals surface area contributed by atoms with E-state index in [0.717, 1.165) is 17.3 Å². The molecule has 0 aliphatic heterocycles. The maximum atomic E-state index is 14.0. The van der Waals surface area contributed by atoms with Crippen LogP contribution in [0.1, 0.15) is 44.6 Å². The molecule has 1 aromatic carbocycles. The van der Waals surface area contributed by atoms with E-state index in [1.165, 1.54) is 25.3 Å². The Morgan fingerprint density at radius 2 is 2.05 bits per heavy atom. The molecule has 2 nitrogen and oxygen atoms in total. The Balaban J connectivity index is 2.22. The van der Waals surface area contributed by atoms with Gasteiger partial charge in [-0.3, -0.25) is 0 Å². The lowest BCUT2D eigenvalue weighted by atomic mass is 9.88. The number of aliphatic hydroxyl groups excluding tert-OH is 1. The van der Waals surface area contributed by atoms with Crippen molar-refractivity contribution in [1.29, 1.82) is 0 Å². The molecule has 2 rings (SSSR count). The van der Waals surface area contributed by atoms with E-state index in [4.69, 9.17) is 0 Å². The SMILES string of the molecule is CC(CO)(NC1CCCCC1)c1cc(Br)ccc1F. The van der Waals surface area contributed by atoms with Crippen molar-refractivity contribution in [3.05, 3.63) is 34.1 Å². The van der Waals surface area contributed by atoms with Crippen LogP contribution in [0.3, 0.4) is 0 Å². The van der Waals surface area contributed by atoms with Gasteiger partial charge in [-0.15, -0.1) is 0 Å². The highest BCUT2D eigenvalue weighted by Crippen LogP contribution is 2.29. The summed E-state index contributed by atoms with van der Waals surface area (Å²) >= 11 is 3.37. The summed E-state index contributed by atoms with van der Waals surface area (Å²) < 4.78 is 14.9. The maximum absolute atomic E-state index is 14.0. The Bertz CT molecular complexity index is 434. The summed E-state index contributed by atoms with van der Waals surface area (Å²) in [7, 11) is 0. The van der Waals surface area contributed by atoms with Gasteiger partial charge in [-0.05, 0) is 38.0 Å². The second kappa shape index (κ2) is 6.33. The lowest BCUT2D eigenvalue weighted by Gasteiger charge is -2.36. The number of hydrogen-bond donors (Lipinski definition) is 2. The highest BCUT2D eigenvalue weighted by atomic mass is 79.9. The fourth-order valence-electron chi connectivity index (χ4n) is 2.83. The van der Waals surface area contributed by atoms with Crippen LogP contribution in [-0.2, 0) is 5.54 Å². The predicted octanol–water partition coefficient (Wildman–Crippen LogP) is 3.72. The molecule has 4 heteroatoms. The summed E-state index contributed by atoms with van der Waals surface area (Å²) in [6.45, 7) is 1.75. The summed E-state index contributed by atoms with van der Waals surface area (Å²) in [4.78, 5) is 0. The molecule has 1 saturated carbocycles. The molecule has 0 amide bonds. The van der Waals surface area contributed by atoms with E-state index < -0.39 is 5.54 Å². The van der Waals surface area contributed by atoms with E-state index in [0.29, 0.717) is 11.6 Å². The van der Waals surface area contributed by atoms with E-state index >= 15 is 0 Å². The Morgan fingerprint density at radius 1 is 1.37 bits per heavy atom. The first-order chi connectivity index (χ1) is 9.05. The first-order valence-electron chi connectivity index (χ1n) is 6.89. The lowest BCUT2D eigenvalue weighted by molar-refractivity contribution is 0.147. The molecular weight excluding hydrogens is 309 g/mol. The third kappa shape index (κ3) is 3.56. The third-order valence-electron chi connectivity index (χ3n) is 3.97. The van der Waals surface area contributed by atoms with Crippen molar-refractivity contribution in [2.75, 3.05) is 6.61 Å². The average Bonchev–Trinajstić information content (AvgIpc) is 2.42. The minimum Gasteiger partial charge on any atom is -0.394 e. The zero-order valence-electron chi connectivity index (χ0n) is 11.3. The molecule has 1 aliphatic carbocycles. The molecule has 106 valence electrons. The van der Waals surface area contributed by atoms with E-state index in [1.807, 2.05) is 6.92 Å². The van der Waals surface area contributed by atoms with Crippen molar-refractivity contribution in [2.45, 2.75) is 50.6 Å². The van der Waals surface area contributed by atoms with Crippen molar-refractivity contribution in [3.63, 3.8) is 0 Å². The number of rotatable bonds is 4. The number of benzene rings is 1. The molecule has 0 radical (unpaired) electrons. The van der Waals surface area contributed by atoms with Crippen LogP contribution in [0.25, 0.3) is 0 Å². The van der Waals surface area contributed by atoms with E-state index in [-0.39, 0.29) is 12.4 Å². The van der Waals surface area contributed by atoms with Gasteiger partial charge in [0.1, 0.15) is 5.82 Å². The fraction of sp³-hybridized carbons (Fsp3) is 0.600. The van der Waals surface area contributed by atoms with Crippen molar-refractivity contribution >= 4 is 15.9 Å². The molecule has 0 saturated heterocycles. The van der Waals surface area contributed by atoms with Crippen molar-refractivity contribution in [1.82, 2.24) is 5.32 Å². The maximum Gasteiger partial charge on any atom is 0.128 e. The summed E-state index contributed by atoms with van der Waals surface area (Å²) in [6, 6.07) is 5.23. The Labute approximate surface area is 122 Å². The van der Waals surface area contributed by atoms with Gasteiger partial charge in [0.25, 0.3) is 0 Å². The van der Waals surface area contributed by atoms with Crippen LogP contribution in [0, 0.1) is 5.82 Å². The van der Waals surface area contributed by atoms with Crippen LogP contribution in [0.5, 0.6) is 0 Å². The lowest BCUT2D eigenvalue weighted by Crippen LogP contribution is -2.49. The van der Waals surface area contributed by atoms with Gasteiger partial charge in [0, 0.05) is 16.1 Å². The summed E-state index contributed by atoms with van der Waals surface area (Å²) in [6.07, 6.45) is 5.90. The number of nitrogens with one attached hydrogen (secondary N) is 1. The number of halogens is 2. The van der Waals surface area contributed by atoms with Gasteiger partial charge in [-0.2, -0.15) is 0 Å². The van der Waals surface area contributed by atoms with Gasteiger partial charge in [0.15, 0.2) is 0 Å². The molecule has 0 spiro atoms. The molecule has 0 heterocycles. The van der Waals surface area contributed by atoms with E-state index in [9.17, 15) is 9.50 Å². The summed E-state index contributed by atoms with van der Waals surface area (Å²) in [5.41, 5.74) is -0.203. The first-order valence-corrected chi connectivity index (χ1v) is 7.68. The molecule has 19 heavy (non-hydrogen) atoms. The van der Waals surface area contributed by atoms with Gasteiger partial charge in [-0.1, -0.05) is 35.2 Å². The number of hydrogen-bond acceptors (Lipinski definition) is 2. The van der Waals surface area contributed by atoms with Gasteiger partial charge < -0.3 is 10.4 Å². The fourth-order valence-corrected chi connectivity index (χ4v) is 3.19. The molecule has 1 aromatic rings. The second-order valence-electron chi connectivity index (χ2n) is 5.59. The van der Waals surface area contributed by atoms with Crippen molar-refractivity contribution in [2.24, 2.45) is 0 Å². The number of aliphatic hydroxyl groups is 1. The Kier molecular flexibility index (Phi) is 4.98. The van der Waals surface area contributed by atoms with Gasteiger partial charge in [0.05, 0.1) is 12.1 Å². The zero-order chi connectivity index (χ0) is 13.9. The van der Waals surface area contributed by atoms with Crippen LogP contribution in [0.2, 0.25) is 0 Å². The quantitative estimate of drug-likeness (QED) is 0.882. The standard InChI is InChI=1S/C15H21BrFNO/c1-15(10-19,18-12-5-3-2-4-6-12)13-9-11(16)7-8-14(13)17/h7-9,12,18-19H,2-6,10H2,1H3. The van der Waals surface area contributed by atoms with Gasteiger partial charge in [-0.25, -0.2) is 4.39 Å². The van der Waals surface area contributed by atoms with Crippen LogP contribution in [-0.4, -0.2) is 17.8 Å². The van der Waals surface area contributed by atoms with Crippen LogP contribution in [0.15, 0.2) is 22.7 Å². The van der Waals surface area contributed by atoms with Crippen molar-refractivity contribution < 1.29 is 9.50 Å². The molecule has 1 atom stereocenters. The minimum absolute atomic E-state index is 0.114. The average molecular weight is 330 g/mol. The first kappa shape index (κ1) is 14.9. The minimum atomic E-state index is -0.726. The highest BCUT2D eigenvalue weighted by Gasteiger charge is 2.31. The van der Waals surface area contributed by atoms with Crippen LogP contribution >= 0.6 is 15.9 Å². The molecule has 0 aromatic heterocycles. The largest absolute Gasteiger partial charge is 0.394 e. The van der Waals surface area contributed by atoms with Crippen molar-refractivity contribution in [3.8, 4) is 0 Å². The smallest absolute Gasteiger partial charge is 0.128 e. The molecular formula is C15H21BrFNO. The van der Waals surface area contributed by atoms with E-state index in [2.05, 4.69) is 21.2 Å². The molecule has 1 aliphatic rings. The normalized spacial score (nSPS) is 20.2. The summed E-state index contributed by atoms with van der Waals surface area (Å²) in [5, 5.41) is 13.2. The highest BCUT2D eigenvalue weighted by molar-refractivity contribution is 9.10. The Hall–Kier alpha value is -0.450. The molecule has 1 fully saturated rings. The zero-order valence-corrected chi connectivity index (χ0v) is 12.8. The monoisotopic (exact) mass is 329 g/mol.